The molecule has 0 saturated heterocycles. The minimum absolute atomic E-state index is 0.0751. The summed E-state index contributed by atoms with van der Waals surface area (Å²) in [6, 6.07) is 12.7. The van der Waals surface area contributed by atoms with Gasteiger partial charge in [-0.1, -0.05) is 83.1 Å². The van der Waals surface area contributed by atoms with Gasteiger partial charge in [-0.3, -0.25) is 9.59 Å². The van der Waals surface area contributed by atoms with E-state index in [1.54, 1.807) is 0 Å². The topological polar surface area (TPSA) is 40.6 Å². The molecule has 0 fully saturated rings. The molecule has 8 heteroatoms. The molecular formula is C26H60N2O2Si4. The van der Waals surface area contributed by atoms with Crippen LogP contribution in [0.1, 0.15) is 83.1 Å². The average Bonchev–Trinajstić information content (AvgIpc) is 2.90. The second-order valence-corrected chi connectivity index (χ2v) is 31.4. The van der Waals surface area contributed by atoms with Gasteiger partial charge in [-0.25, -0.2) is 0 Å². The van der Waals surface area contributed by atoms with Gasteiger partial charge in [0.15, 0.2) is 0 Å². The number of carbonyl (C=O) groups is 2. The van der Waals surface area contributed by atoms with Crippen molar-refractivity contribution < 1.29 is 9.59 Å². The molecule has 0 rings (SSSR count). The number of rotatable bonds is 16. The molecule has 0 unspecified atom stereocenters. The van der Waals surface area contributed by atoms with Crippen LogP contribution in [0.15, 0.2) is 0 Å². The van der Waals surface area contributed by atoms with Gasteiger partial charge in [0.05, 0.1) is 0 Å². The van der Waals surface area contributed by atoms with Crippen LogP contribution in [-0.2, 0) is 9.59 Å². The SMILES string of the molecule is CC[Si](CC)(CC)N(C(=O)C(=O)N([Si](CC)(CC)CC)[Si](CC)(CC)CC)[Si](CC)(CC)CC. The van der Waals surface area contributed by atoms with E-state index in [0.29, 0.717) is 0 Å². The van der Waals surface area contributed by atoms with Crippen LogP contribution in [0.5, 0.6) is 0 Å². The van der Waals surface area contributed by atoms with Crippen LogP contribution in [-0.4, -0.2) is 53.2 Å². The maximum Gasteiger partial charge on any atom is 0.294 e. The molecule has 0 heterocycles. The number of hydrogen-bond donors (Lipinski definition) is 0. The van der Waals surface area contributed by atoms with E-state index in [9.17, 15) is 9.59 Å². The zero-order valence-corrected chi connectivity index (χ0v) is 29.2. The molecule has 0 spiro atoms. The molecule has 2 amide bonds. The molecule has 0 aliphatic carbocycles. The molecule has 0 N–H and O–H groups in total. The lowest BCUT2D eigenvalue weighted by Gasteiger charge is -2.55. The van der Waals surface area contributed by atoms with Gasteiger partial charge in [0.25, 0.3) is 11.8 Å². The van der Waals surface area contributed by atoms with E-state index in [2.05, 4.69) is 91.5 Å². The fourth-order valence-electron chi connectivity index (χ4n) is 6.96. The van der Waals surface area contributed by atoms with Crippen LogP contribution in [0.4, 0.5) is 0 Å². The van der Waals surface area contributed by atoms with Crippen molar-refractivity contribution in [3.05, 3.63) is 0 Å². The zero-order chi connectivity index (χ0) is 26.8. The van der Waals surface area contributed by atoms with Gasteiger partial charge in [-0.15, -0.1) is 0 Å². The molecule has 0 radical (unpaired) electrons. The molecule has 0 aliphatic rings. The molecule has 0 aliphatic heterocycles. The van der Waals surface area contributed by atoms with Gasteiger partial charge in [-0.05, 0) is 72.5 Å². The van der Waals surface area contributed by atoms with Gasteiger partial charge in [0, 0.05) is 0 Å². The predicted octanol–water partition coefficient (Wildman–Crippen LogP) is 8.66. The average molecular weight is 545 g/mol. The summed E-state index contributed by atoms with van der Waals surface area (Å²) in [5, 5.41) is 0. The summed E-state index contributed by atoms with van der Waals surface area (Å²) >= 11 is 0. The van der Waals surface area contributed by atoms with Gasteiger partial charge in [0.1, 0.15) is 32.9 Å². The number of carbonyl (C=O) groups excluding carboxylic acids is 2. The van der Waals surface area contributed by atoms with Crippen LogP contribution in [0.25, 0.3) is 0 Å². The van der Waals surface area contributed by atoms with Crippen molar-refractivity contribution in [3.63, 3.8) is 0 Å². The molecule has 0 aromatic rings. The monoisotopic (exact) mass is 544 g/mol. The van der Waals surface area contributed by atoms with Crippen molar-refractivity contribution in [1.82, 2.24) is 8.46 Å². The smallest absolute Gasteiger partial charge is 0.294 e. The van der Waals surface area contributed by atoms with Crippen LogP contribution in [0.3, 0.4) is 0 Å². The van der Waals surface area contributed by atoms with E-state index in [0.717, 1.165) is 72.5 Å². The fraction of sp³-hybridized carbons (Fsp3) is 0.923. The van der Waals surface area contributed by atoms with Gasteiger partial charge in [0.2, 0.25) is 0 Å². The standard InChI is InChI=1S/C26H60N2O2Si4/c1-13-31(14-2,15-3)27(32(16-4,17-5)18-6)25(29)26(30)28(33(19-7,20-8)21-9)34(22-10,23-11)24-12/h13-24H2,1-12H3. The number of nitrogens with zero attached hydrogens (tertiary/aromatic N) is 2. The molecular weight excluding hydrogens is 485 g/mol. The van der Waals surface area contributed by atoms with Gasteiger partial charge >= 0.3 is 0 Å². The molecule has 0 atom stereocenters. The largest absolute Gasteiger partial charge is 0.387 e. The molecule has 202 valence electrons. The van der Waals surface area contributed by atoms with Crippen molar-refractivity contribution >= 4 is 44.8 Å². The third-order valence-corrected chi connectivity index (χ3v) is 36.5. The lowest BCUT2D eigenvalue weighted by Crippen LogP contribution is -2.74. The van der Waals surface area contributed by atoms with E-state index in [4.69, 9.17) is 0 Å². The summed E-state index contributed by atoms with van der Waals surface area (Å²) in [5.41, 5.74) is 0. The van der Waals surface area contributed by atoms with Crippen LogP contribution in [0.2, 0.25) is 72.5 Å². The second-order valence-electron chi connectivity index (χ2n) is 10.4. The van der Waals surface area contributed by atoms with Crippen LogP contribution < -0.4 is 0 Å². The Hall–Kier alpha value is -0.192. The van der Waals surface area contributed by atoms with Crippen LogP contribution >= 0.6 is 0 Å². The Bertz CT molecular complexity index is 501. The third kappa shape index (κ3) is 5.85. The van der Waals surface area contributed by atoms with E-state index >= 15 is 0 Å². The van der Waals surface area contributed by atoms with Crippen molar-refractivity contribution in [1.29, 1.82) is 0 Å². The van der Waals surface area contributed by atoms with Crippen molar-refractivity contribution in [2.45, 2.75) is 156 Å². The zero-order valence-electron chi connectivity index (χ0n) is 25.2. The van der Waals surface area contributed by atoms with E-state index in [1.807, 2.05) is 0 Å². The number of hydrogen-bond acceptors (Lipinski definition) is 2. The molecule has 0 saturated carbocycles. The first-order valence-electron chi connectivity index (χ1n) is 14.7. The summed E-state index contributed by atoms with van der Waals surface area (Å²) in [5.74, 6) is -0.150. The maximum absolute atomic E-state index is 14.8. The molecule has 0 aromatic carbocycles. The molecule has 0 aromatic heterocycles. The minimum Gasteiger partial charge on any atom is -0.387 e. The highest BCUT2D eigenvalue weighted by molar-refractivity contribution is 7.00. The Balaban J connectivity index is 7.30. The maximum atomic E-state index is 14.8. The Morgan fingerprint density at radius 1 is 0.353 bits per heavy atom. The summed E-state index contributed by atoms with van der Waals surface area (Å²) in [4.78, 5) is 29.5. The quantitative estimate of drug-likeness (QED) is 0.144. The van der Waals surface area contributed by atoms with Gasteiger partial charge in [-0.2, -0.15) is 0 Å². The second kappa shape index (κ2) is 14.5. The Morgan fingerprint density at radius 3 is 0.559 bits per heavy atom. The summed E-state index contributed by atoms with van der Waals surface area (Å²) in [6.45, 7) is 27.4. The fourth-order valence-corrected chi connectivity index (χ4v) is 32.6. The highest BCUT2D eigenvalue weighted by atomic mass is 28.4. The lowest BCUT2D eigenvalue weighted by molar-refractivity contribution is -0.143. The summed E-state index contributed by atoms with van der Waals surface area (Å²) in [6.07, 6.45) is 0. The Morgan fingerprint density at radius 2 is 0.471 bits per heavy atom. The van der Waals surface area contributed by atoms with Crippen molar-refractivity contribution in [2.75, 3.05) is 0 Å². The van der Waals surface area contributed by atoms with E-state index in [1.165, 1.54) is 0 Å². The first-order valence-corrected chi connectivity index (χ1v) is 25.0. The first kappa shape index (κ1) is 33.8. The van der Waals surface area contributed by atoms with E-state index in [-0.39, 0.29) is 11.8 Å². The highest BCUT2D eigenvalue weighted by Gasteiger charge is 2.55. The first-order chi connectivity index (χ1) is 16.0. The highest BCUT2D eigenvalue weighted by Crippen LogP contribution is 2.40. The number of amides is 2. The molecule has 0 bridgehead atoms. The predicted molar refractivity (Wildman–Crippen MR) is 162 cm³/mol. The lowest BCUT2D eigenvalue weighted by atomic mass is 10.6. The summed E-state index contributed by atoms with van der Waals surface area (Å²) in [7, 11) is -8.27. The third-order valence-electron chi connectivity index (χ3n) is 10.4. The van der Waals surface area contributed by atoms with E-state index < -0.39 is 32.9 Å². The van der Waals surface area contributed by atoms with Crippen molar-refractivity contribution in [2.24, 2.45) is 0 Å². The Labute approximate surface area is 218 Å². The minimum atomic E-state index is -2.07. The molecule has 4 nitrogen and oxygen atoms in total. The normalized spacial score (nSPS) is 13.2. The molecule has 34 heavy (non-hydrogen) atoms. The van der Waals surface area contributed by atoms with Crippen molar-refractivity contribution in [3.8, 4) is 0 Å². The van der Waals surface area contributed by atoms with Crippen LogP contribution in [0, 0.1) is 0 Å². The Kier molecular flexibility index (Phi) is 14.4. The summed E-state index contributed by atoms with van der Waals surface area (Å²) < 4.78 is 4.85. The van der Waals surface area contributed by atoms with Gasteiger partial charge < -0.3 is 8.46 Å².